The second-order valence-electron chi connectivity index (χ2n) is 5.42. The molecule has 0 spiro atoms. The van der Waals surface area contributed by atoms with Crippen LogP contribution in [0.1, 0.15) is 29.9 Å². The Morgan fingerprint density at radius 2 is 1.94 bits per heavy atom. The molecule has 0 bridgehead atoms. The van der Waals surface area contributed by atoms with Crippen LogP contribution in [0.3, 0.4) is 0 Å². The second kappa shape index (κ2) is 4.05. The molecule has 0 aromatic heterocycles. The molecule has 17 heavy (non-hydrogen) atoms. The average Bonchev–Trinajstić information content (AvgIpc) is 2.31. The van der Waals surface area contributed by atoms with E-state index in [2.05, 4.69) is 11.9 Å². The van der Waals surface area contributed by atoms with E-state index in [4.69, 9.17) is 0 Å². The van der Waals surface area contributed by atoms with Crippen molar-refractivity contribution in [3.8, 4) is 0 Å². The Kier molecular flexibility index (Phi) is 2.66. The van der Waals surface area contributed by atoms with E-state index in [1.165, 1.54) is 18.6 Å². The number of rotatable bonds is 0. The van der Waals surface area contributed by atoms with Crippen molar-refractivity contribution < 1.29 is 8.78 Å². The molecule has 1 nitrogen and oxygen atoms in total. The Bertz CT molecular complexity index is 444. The van der Waals surface area contributed by atoms with E-state index in [0.717, 1.165) is 37.1 Å². The Hall–Kier alpha value is -0.960. The maximum atomic E-state index is 13.4. The molecule has 0 saturated carbocycles. The van der Waals surface area contributed by atoms with Crippen LogP contribution in [0, 0.1) is 17.6 Å². The molecule has 1 aliphatic heterocycles. The number of piperidine rings is 1. The molecule has 92 valence electrons. The van der Waals surface area contributed by atoms with Crippen molar-refractivity contribution >= 4 is 0 Å². The van der Waals surface area contributed by atoms with Crippen LogP contribution in [-0.2, 0) is 6.42 Å². The van der Waals surface area contributed by atoms with Gasteiger partial charge in [-0.15, -0.1) is 0 Å². The summed E-state index contributed by atoms with van der Waals surface area (Å²) >= 11 is 0. The predicted molar refractivity (Wildman–Crippen MR) is 63.0 cm³/mol. The first kappa shape index (κ1) is 11.1. The lowest BCUT2D eigenvalue weighted by molar-refractivity contribution is 0.173. The number of nitrogens with zero attached hydrogens (tertiary/aromatic N) is 1. The van der Waals surface area contributed by atoms with Crippen LogP contribution in [0.15, 0.2) is 12.1 Å². The molecule has 0 amide bonds. The maximum Gasteiger partial charge on any atom is 0.159 e. The minimum Gasteiger partial charge on any atom is -0.306 e. The van der Waals surface area contributed by atoms with E-state index in [1.54, 1.807) is 0 Å². The van der Waals surface area contributed by atoms with E-state index in [1.807, 2.05) is 0 Å². The van der Waals surface area contributed by atoms with Crippen LogP contribution in [0.4, 0.5) is 8.78 Å². The van der Waals surface area contributed by atoms with E-state index in [9.17, 15) is 8.78 Å². The van der Waals surface area contributed by atoms with Gasteiger partial charge in [0.05, 0.1) is 0 Å². The van der Waals surface area contributed by atoms with Gasteiger partial charge in [0.25, 0.3) is 0 Å². The van der Waals surface area contributed by atoms with Crippen molar-refractivity contribution in [3.05, 3.63) is 34.9 Å². The minimum atomic E-state index is -0.702. The molecule has 1 fully saturated rings. The normalized spacial score (nSPS) is 28.6. The molecule has 0 N–H and O–H groups in total. The number of aryl methyl sites for hydroxylation is 1. The molecule has 1 saturated heterocycles. The van der Waals surface area contributed by atoms with E-state index in [-0.39, 0.29) is 0 Å². The van der Waals surface area contributed by atoms with Crippen LogP contribution in [0.2, 0.25) is 0 Å². The number of fused-ring (bicyclic) bond motifs is 3. The summed E-state index contributed by atoms with van der Waals surface area (Å²) in [5, 5.41) is 0. The number of benzene rings is 1. The first-order valence-corrected chi connectivity index (χ1v) is 6.31. The first-order chi connectivity index (χ1) is 8.15. The largest absolute Gasteiger partial charge is 0.306 e. The van der Waals surface area contributed by atoms with Gasteiger partial charge in [-0.2, -0.15) is 0 Å². The second-order valence-corrected chi connectivity index (χ2v) is 5.42. The summed E-state index contributed by atoms with van der Waals surface area (Å²) in [4.78, 5) is 2.29. The van der Waals surface area contributed by atoms with Gasteiger partial charge in [-0.3, -0.25) is 0 Å². The van der Waals surface area contributed by atoms with Crippen molar-refractivity contribution in [2.45, 2.75) is 25.2 Å². The zero-order valence-electron chi connectivity index (χ0n) is 10.0. The first-order valence-electron chi connectivity index (χ1n) is 6.31. The fourth-order valence-corrected chi connectivity index (χ4v) is 3.37. The fourth-order valence-electron chi connectivity index (χ4n) is 3.37. The smallest absolute Gasteiger partial charge is 0.159 e. The minimum absolute atomic E-state index is 0.396. The van der Waals surface area contributed by atoms with Gasteiger partial charge in [-0.05, 0) is 68.0 Å². The monoisotopic (exact) mass is 237 g/mol. The predicted octanol–water partition coefficient (Wildman–Crippen LogP) is 2.95. The molecule has 3 rings (SSSR count). The Balaban J connectivity index is 2.01. The van der Waals surface area contributed by atoms with Gasteiger partial charge in [0.2, 0.25) is 0 Å². The average molecular weight is 237 g/mol. The van der Waals surface area contributed by atoms with E-state index in [0.29, 0.717) is 11.8 Å². The highest BCUT2D eigenvalue weighted by Gasteiger charge is 2.34. The molecule has 3 heteroatoms. The van der Waals surface area contributed by atoms with Gasteiger partial charge in [0, 0.05) is 6.54 Å². The van der Waals surface area contributed by atoms with Crippen molar-refractivity contribution in [2.75, 3.05) is 20.1 Å². The molecule has 2 aliphatic rings. The summed E-state index contributed by atoms with van der Waals surface area (Å²) in [5.41, 5.74) is 2.06. The molecule has 1 aromatic rings. The molecule has 1 aromatic carbocycles. The third kappa shape index (κ3) is 1.86. The summed E-state index contributed by atoms with van der Waals surface area (Å²) in [6.45, 7) is 2.10. The van der Waals surface area contributed by atoms with Crippen LogP contribution in [0.5, 0.6) is 0 Å². The van der Waals surface area contributed by atoms with Crippen LogP contribution >= 0.6 is 0 Å². The molecule has 0 unspecified atom stereocenters. The third-order valence-corrected chi connectivity index (χ3v) is 4.33. The lowest BCUT2D eigenvalue weighted by Crippen LogP contribution is -2.39. The molecule has 0 radical (unpaired) electrons. The molecule has 2 atom stereocenters. The Morgan fingerprint density at radius 3 is 2.76 bits per heavy atom. The van der Waals surface area contributed by atoms with Gasteiger partial charge < -0.3 is 4.90 Å². The Labute approximate surface area is 100 Å². The summed E-state index contributed by atoms with van der Waals surface area (Å²) in [5.74, 6) is -0.347. The van der Waals surface area contributed by atoms with Gasteiger partial charge in [0.1, 0.15) is 0 Å². The number of hydrogen-bond donors (Lipinski definition) is 0. The molecular weight excluding hydrogens is 220 g/mol. The third-order valence-electron chi connectivity index (χ3n) is 4.33. The number of likely N-dealkylation sites (tertiary alicyclic amines) is 1. The van der Waals surface area contributed by atoms with E-state index >= 15 is 0 Å². The summed E-state index contributed by atoms with van der Waals surface area (Å²) in [6.07, 6.45) is 3.20. The SMILES string of the molecule is CN1CC[C@@H]2CCc3cc(F)c(F)cc3[C@H]2C1. The van der Waals surface area contributed by atoms with Gasteiger partial charge in [-0.25, -0.2) is 8.78 Å². The van der Waals surface area contributed by atoms with Crippen molar-refractivity contribution in [2.24, 2.45) is 5.92 Å². The van der Waals surface area contributed by atoms with Crippen molar-refractivity contribution in [3.63, 3.8) is 0 Å². The summed E-state index contributed by atoms with van der Waals surface area (Å²) < 4.78 is 26.6. The summed E-state index contributed by atoms with van der Waals surface area (Å²) in [7, 11) is 2.10. The van der Waals surface area contributed by atoms with Gasteiger partial charge in [-0.1, -0.05) is 0 Å². The molecular formula is C14H17F2N. The van der Waals surface area contributed by atoms with Gasteiger partial charge >= 0.3 is 0 Å². The van der Waals surface area contributed by atoms with Crippen LogP contribution in [-0.4, -0.2) is 25.0 Å². The summed E-state index contributed by atoms with van der Waals surface area (Å²) in [6, 6.07) is 2.83. The van der Waals surface area contributed by atoms with Gasteiger partial charge in [0.15, 0.2) is 11.6 Å². The standard InChI is InChI=1S/C14H17F2N/c1-17-5-4-9-2-3-10-6-13(15)14(16)7-11(10)12(9)8-17/h6-7,9,12H,2-5,8H2,1H3/t9-,12-/m0/s1. The highest BCUT2D eigenvalue weighted by atomic mass is 19.2. The van der Waals surface area contributed by atoms with Crippen molar-refractivity contribution in [1.82, 2.24) is 4.90 Å². The van der Waals surface area contributed by atoms with E-state index < -0.39 is 11.6 Å². The number of hydrogen-bond acceptors (Lipinski definition) is 1. The lowest BCUT2D eigenvalue weighted by Gasteiger charge is -2.41. The maximum absolute atomic E-state index is 13.4. The molecule has 1 aliphatic carbocycles. The van der Waals surface area contributed by atoms with Crippen molar-refractivity contribution in [1.29, 1.82) is 0 Å². The Morgan fingerprint density at radius 1 is 1.18 bits per heavy atom. The quantitative estimate of drug-likeness (QED) is 0.670. The topological polar surface area (TPSA) is 3.24 Å². The van der Waals surface area contributed by atoms with Crippen LogP contribution < -0.4 is 0 Å². The number of likely N-dealkylation sites (N-methyl/N-ethyl adjacent to an activating group) is 1. The lowest BCUT2D eigenvalue weighted by atomic mass is 9.72. The molecule has 1 heterocycles. The zero-order chi connectivity index (χ0) is 12.0. The highest BCUT2D eigenvalue weighted by Crippen LogP contribution is 2.41. The zero-order valence-corrected chi connectivity index (χ0v) is 10.0. The highest BCUT2D eigenvalue weighted by molar-refractivity contribution is 5.35. The fraction of sp³-hybridized carbons (Fsp3) is 0.571. The van der Waals surface area contributed by atoms with Crippen LogP contribution in [0.25, 0.3) is 0 Å². The number of halogens is 2.